The molecule has 5 heteroatoms. The Labute approximate surface area is 99.5 Å². The fraction of sp³-hybridized carbons (Fsp3) is 0.636. The molecule has 2 rings (SSSR count). The third-order valence-corrected chi connectivity index (χ3v) is 3.88. The third kappa shape index (κ3) is 2.80. The maximum Gasteiger partial charge on any atom is 0.236 e. The molecule has 1 atom stereocenters. The molecule has 1 aliphatic carbocycles. The number of hydrogen-bond donors (Lipinski definition) is 2. The molecule has 1 aromatic heterocycles. The second kappa shape index (κ2) is 4.93. The van der Waals surface area contributed by atoms with Crippen molar-refractivity contribution in [2.45, 2.75) is 38.3 Å². The van der Waals surface area contributed by atoms with Crippen LogP contribution < -0.4 is 10.6 Å². The molecule has 1 amide bonds. The number of thiazole rings is 1. The van der Waals surface area contributed by atoms with Crippen molar-refractivity contribution >= 4 is 17.2 Å². The largest absolute Gasteiger partial charge is 0.358 e. The standard InChI is InChI=1S/C11H17N3OS/c1-7(10(15)12-2)13-5-9-6-14-11(16-9)8-3-4-8/h6-8,13H,3-5H2,1-2H3,(H,12,15)/t7-/m1/s1. The lowest BCUT2D eigenvalue weighted by Crippen LogP contribution is -2.40. The Kier molecular flexibility index (Phi) is 3.56. The first-order valence-electron chi connectivity index (χ1n) is 5.60. The van der Waals surface area contributed by atoms with E-state index in [1.54, 1.807) is 18.4 Å². The van der Waals surface area contributed by atoms with Crippen LogP contribution >= 0.6 is 11.3 Å². The minimum absolute atomic E-state index is 0.0203. The summed E-state index contributed by atoms with van der Waals surface area (Å²) in [5.74, 6) is 0.738. The van der Waals surface area contributed by atoms with Gasteiger partial charge in [-0.25, -0.2) is 4.98 Å². The first-order chi connectivity index (χ1) is 7.70. The van der Waals surface area contributed by atoms with Gasteiger partial charge < -0.3 is 10.6 Å². The minimum Gasteiger partial charge on any atom is -0.358 e. The summed E-state index contributed by atoms with van der Waals surface area (Å²) in [6.45, 7) is 2.58. The predicted octanol–water partition coefficient (Wildman–Crippen LogP) is 1.24. The molecular formula is C11H17N3OS. The summed E-state index contributed by atoms with van der Waals surface area (Å²) in [7, 11) is 1.65. The van der Waals surface area contributed by atoms with Crippen molar-refractivity contribution in [3.8, 4) is 0 Å². The number of amides is 1. The summed E-state index contributed by atoms with van der Waals surface area (Å²) >= 11 is 1.76. The molecule has 1 saturated carbocycles. The van der Waals surface area contributed by atoms with Gasteiger partial charge in [0.15, 0.2) is 0 Å². The molecule has 1 aromatic rings. The van der Waals surface area contributed by atoms with Crippen LogP contribution in [0.2, 0.25) is 0 Å². The van der Waals surface area contributed by atoms with E-state index in [-0.39, 0.29) is 11.9 Å². The Morgan fingerprint density at radius 2 is 2.44 bits per heavy atom. The molecular weight excluding hydrogens is 222 g/mol. The van der Waals surface area contributed by atoms with Gasteiger partial charge in [0.05, 0.1) is 11.0 Å². The van der Waals surface area contributed by atoms with Crippen LogP contribution in [0.1, 0.15) is 35.6 Å². The lowest BCUT2D eigenvalue weighted by atomic mass is 10.3. The van der Waals surface area contributed by atoms with Crippen molar-refractivity contribution in [3.63, 3.8) is 0 Å². The van der Waals surface area contributed by atoms with Crippen LogP contribution in [0.4, 0.5) is 0 Å². The zero-order chi connectivity index (χ0) is 11.5. The first-order valence-corrected chi connectivity index (χ1v) is 6.42. The lowest BCUT2D eigenvalue weighted by Gasteiger charge is -2.10. The molecule has 1 fully saturated rings. The normalized spacial score (nSPS) is 17.1. The van der Waals surface area contributed by atoms with Crippen molar-refractivity contribution < 1.29 is 4.79 Å². The molecule has 0 unspecified atom stereocenters. The first kappa shape index (κ1) is 11.5. The molecule has 88 valence electrons. The van der Waals surface area contributed by atoms with Gasteiger partial charge in [-0.1, -0.05) is 0 Å². The number of carbonyl (C=O) groups excluding carboxylic acids is 1. The summed E-state index contributed by atoms with van der Waals surface area (Å²) < 4.78 is 0. The molecule has 16 heavy (non-hydrogen) atoms. The molecule has 0 aliphatic heterocycles. The van der Waals surface area contributed by atoms with Gasteiger partial charge in [0.25, 0.3) is 0 Å². The number of hydrogen-bond acceptors (Lipinski definition) is 4. The van der Waals surface area contributed by atoms with Crippen molar-refractivity contribution in [2.24, 2.45) is 0 Å². The van der Waals surface area contributed by atoms with Gasteiger partial charge in [-0.3, -0.25) is 4.79 Å². The van der Waals surface area contributed by atoms with E-state index in [4.69, 9.17) is 0 Å². The van der Waals surface area contributed by atoms with Gasteiger partial charge in [0, 0.05) is 30.6 Å². The molecule has 0 spiro atoms. The highest BCUT2D eigenvalue weighted by atomic mass is 32.1. The molecule has 2 N–H and O–H groups in total. The van der Waals surface area contributed by atoms with Gasteiger partial charge in [0.2, 0.25) is 5.91 Å². The third-order valence-electron chi connectivity index (χ3n) is 2.72. The van der Waals surface area contributed by atoms with Gasteiger partial charge in [-0.15, -0.1) is 11.3 Å². The number of nitrogens with one attached hydrogen (secondary N) is 2. The fourth-order valence-corrected chi connectivity index (χ4v) is 2.52. The summed E-state index contributed by atoms with van der Waals surface area (Å²) in [6, 6.07) is -0.156. The second-order valence-corrected chi connectivity index (χ2v) is 5.30. The Bertz CT molecular complexity index is 373. The van der Waals surface area contributed by atoms with Gasteiger partial charge in [-0.05, 0) is 19.8 Å². The average Bonchev–Trinajstić information content (AvgIpc) is 3.05. The Hall–Kier alpha value is -0.940. The van der Waals surface area contributed by atoms with Crippen LogP contribution in [-0.4, -0.2) is 24.0 Å². The van der Waals surface area contributed by atoms with Crippen LogP contribution in [0, 0.1) is 0 Å². The van der Waals surface area contributed by atoms with E-state index in [1.807, 2.05) is 13.1 Å². The predicted molar refractivity (Wildman–Crippen MR) is 64.5 cm³/mol. The smallest absolute Gasteiger partial charge is 0.236 e. The maximum atomic E-state index is 11.3. The molecule has 0 saturated heterocycles. The minimum atomic E-state index is -0.156. The van der Waals surface area contributed by atoms with Gasteiger partial charge >= 0.3 is 0 Å². The molecule has 1 heterocycles. The van der Waals surface area contributed by atoms with Crippen molar-refractivity contribution in [3.05, 3.63) is 16.1 Å². The van der Waals surface area contributed by atoms with E-state index in [1.165, 1.54) is 22.7 Å². The van der Waals surface area contributed by atoms with Crippen LogP contribution in [0.15, 0.2) is 6.20 Å². The second-order valence-electron chi connectivity index (χ2n) is 4.16. The van der Waals surface area contributed by atoms with Gasteiger partial charge in [-0.2, -0.15) is 0 Å². The topological polar surface area (TPSA) is 54.0 Å². The number of likely N-dealkylation sites (N-methyl/N-ethyl adjacent to an activating group) is 1. The van der Waals surface area contributed by atoms with Crippen molar-refractivity contribution in [2.75, 3.05) is 7.05 Å². The quantitative estimate of drug-likeness (QED) is 0.813. The number of rotatable bonds is 5. The van der Waals surface area contributed by atoms with E-state index < -0.39 is 0 Å². The Morgan fingerprint density at radius 1 is 1.69 bits per heavy atom. The molecule has 0 radical (unpaired) electrons. The highest BCUT2D eigenvalue weighted by molar-refractivity contribution is 7.11. The summed E-state index contributed by atoms with van der Waals surface area (Å²) in [6.07, 6.45) is 4.49. The summed E-state index contributed by atoms with van der Waals surface area (Å²) in [5.41, 5.74) is 0. The molecule has 4 nitrogen and oxygen atoms in total. The van der Waals surface area contributed by atoms with Gasteiger partial charge in [0.1, 0.15) is 0 Å². The van der Waals surface area contributed by atoms with Crippen LogP contribution in [0.25, 0.3) is 0 Å². The number of nitrogens with zero attached hydrogens (tertiary/aromatic N) is 1. The maximum absolute atomic E-state index is 11.3. The van der Waals surface area contributed by atoms with Crippen molar-refractivity contribution in [1.82, 2.24) is 15.6 Å². The van der Waals surface area contributed by atoms with E-state index >= 15 is 0 Å². The average molecular weight is 239 g/mol. The molecule has 1 aliphatic rings. The van der Waals surface area contributed by atoms with E-state index in [0.29, 0.717) is 0 Å². The monoisotopic (exact) mass is 239 g/mol. The highest BCUT2D eigenvalue weighted by Gasteiger charge is 2.26. The Balaban J connectivity index is 1.82. The zero-order valence-corrected chi connectivity index (χ0v) is 10.4. The van der Waals surface area contributed by atoms with E-state index in [2.05, 4.69) is 15.6 Å². The fourth-order valence-electron chi connectivity index (χ4n) is 1.49. The molecule has 0 aromatic carbocycles. The summed E-state index contributed by atoms with van der Waals surface area (Å²) in [4.78, 5) is 16.9. The van der Waals surface area contributed by atoms with Crippen molar-refractivity contribution in [1.29, 1.82) is 0 Å². The van der Waals surface area contributed by atoms with Crippen LogP contribution in [0.3, 0.4) is 0 Å². The summed E-state index contributed by atoms with van der Waals surface area (Å²) in [5, 5.41) is 7.06. The Morgan fingerprint density at radius 3 is 3.06 bits per heavy atom. The zero-order valence-electron chi connectivity index (χ0n) is 9.62. The SMILES string of the molecule is CNC(=O)[C@@H](C)NCc1cnc(C2CC2)s1. The number of carbonyl (C=O) groups is 1. The van der Waals surface area contributed by atoms with Crippen LogP contribution in [-0.2, 0) is 11.3 Å². The van der Waals surface area contributed by atoms with E-state index in [0.717, 1.165) is 12.5 Å². The number of aromatic nitrogens is 1. The highest BCUT2D eigenvalue weighted by Crippen LogP contribution is 2.41. The molecule has 0 bridgehead atoms. The van der Waals surface area contributed by atoms with E-state index in [9.17, 15) is 4.79 Å². The van der Waals surface area contributed by atoms with Crippen LogP contribution in [0.5, 0.6) is 0 Å². The lowest BCUT2D eigenvalue weighted by molar-refractivity contribution is -0.122.